The van der Waals surface area contributed by atoms with Crippen molar-refractivity contribution in [3.8, 4) is 10.6 Å². The van der Waals surface area contributed by atoms with Gasteiger partial charge in [0.1, 0.15) is 5.01 Å². The molecule has 0 bridgehead atoms. The summed E-state index contributed by atoms with van der Waals surface area (Å²) in [6.07, 6.45) is 1.58. The number of nitrogens with one attached hydrogen (secondary N) is 1. The van der Waals surface area contributed by atoms with E-state index in [4.69, 9.17) is 0 Å². The molecule has 1 saturated heterocycles. The van der Waals surface area contributed by atoms with Gasteiger partial charge in [-0.05, 0) is 29.7 Å². The summed E-state index contributed by atoms with van der Waals surface area (Å²) >= 11 is 4.72. The highest BCUT2D eigenvalue weighted by molar-refractivity contribution is 7.14. The Bertz CT molecular complexity index is 908. The summed E-state index contributed by atoms with van der Waals surface area (Å²) in [5.74, 6) is 1.40. The van der Waals surface area contributed by atoms with E-state index in [0.29, 0.717) is 5.13 Å². The zero-order valence-electron chi connectivity index (χ0n) is 16.1. The van der Waals surface area contributed by atoms with Gasteiger partial charge >= 0.3 is 0 Å². The molecular formula is C20H24N4OS3. The molecule has 3 aromatic rings. The number of thiazole rings is 2. The largest absolute Gasteiger partial charge is 0.302 e. The highest BCUT2D eigenvalue weighted by Gasteiger charge is 2.22. The fourth-order valence-corrected chi connectivity index (χ4v) is 6.07. The molecule has 1 aliphatic heterocycles. The van der Waals surface area contributed by atoms with Crippen molar-refractivity contribution in [1.29, 1.82) is 0 Å². The van der Waals surface area contributed by atoms with Crippen LogP contribution in [0.3, 0.4) is 0 Å². The molecule has 0 spiro atoms. The van der Waals surface area contributed by atoms with Gasteiger partial charge in [-0.2, -0.15) is 11.3 Å². The number of likely N-dealkylation sites (tertiary alicyclic amines) is 1. The van der Waals surface area contributed by atoms with Crippen LogP contribution in [-0.4, -0.2) is 33.9 Å². The summed E-state index contributed by atoms with van der Waals surface area (Å²) in [7, 11) is 0. The van der Waals surface area contributed by atoms with E-state index in [9.17, 15) is 4.79 Å². The maximum absolute atomic E-state index is 12.4. The average molecular weight is 433 g/mol. The third-order valence-electron chi connectivity index (χ3n) is 4.79. The third-order valence-corrected chi connectivity index (χ3v) is 7.22. The molecule has 1 N–H and O–H groups in total. The second-order valence-electron chi connectivity index (χ2n) is 7.67. The fraction of sp³-hybridized carbons (Fsp3) is 0.450. The van der Waals surface area contributed by atoms with Crippen LogP contribution in [0, 0.1) is 11.8 Å². The number of thiophene rings is 1. The Morgan fingerprint density at radius 3 is 2.68 bits per heavy atom. The fourth-order valence-electron chi connectivity index (χ4n) is 3.82. The number of hydrogen-bond donors (Lipinski definition) is 1. The number of rotatable bonds is 6. The second kappa shape index (κ2) is 8.82. The summed E-state index contributed by atoms with van der Waals surface area (Å²) in [5.41, 5.74) is 2.96. The van der Waals surface area contributed by atoms with E-state index in [2.05, 4.69) is 44.8 Å². The molecule has 0 radical (unpaired) electrons. The average Bonchev–Trinajstić information content (AvgIpc) is 3.35. The van der Waals surface area contributed by atoms with Gasteiger partial charge in [-0.25, -0.2) is 9.97 Å². The van der Waals surface area contributed by atoms with E-state index >= 15 is 0 Å². The van der Waals surface area contributed by atoms with Crippen molar-refractivity contribution >= 4 is 45.0 Å². The van der Waals surface area contributed by atoms with Crippen LogP contribution in [0.15, 0.2) is 27.6 Å². The van der Waals surface area contributed by atoms with Crippen molar-refractivity contribution < 1.29 is 4.79 Å². The van der Waals surface area contributed by atoms with Crippen LogP contribution < -0.4 is 5.32 Å². The smallest absolute Gasteiger partial charge is 0.232 e. The molecule has 4 rings (SSSR count). The minimum atomic E-state index is -0.0664. The summed E-state index contributed by atoms with van der Waals surface area (Å²) in [4.78, 5) is 24.0. The van der Waals surface area contributed by atoms with E-state index in [1.54, 1.807) is 22.7 Å². The summed E-state index contributed by atoms with van der Waals surface area (Å²) in [6.45, 7) is 7.74. The Labute approximate surface area is 177 Å². The molecule has 2 atom stereocenters. The van der Waals surface area contributed by atoms with Gasteiger partial charge in [-0.1, -0.05) is 13.8 Å². The minimum Gasteiger partial charge on any atom is -0.302 e. The minimum absolute atomic E-state index is 0.0664. The molecule has 1 fully saturated rings. The summed E-state index contributed by atoms with van der Waals surface area (Å²) in [5, 5.41) is 12.7. The molecule has 3 aromatic heterocycles. The first-order chi connectivity index (χ1) is 13.5. The molecule has 28 heavy (non-hydrogen) atoms. The van der Waals surface area contributed by atoms with Gasteiger partial charge in [-0.3, -0.25) is 9.69 Å². The Morgan fingerprint density at radius 1 is 1.14 bits per heavy atom. The standard InChI is InChI=1S/C20H24N4OS3/c1-13-5-14(2)8-24(7-13)9-17-12-28-20(22-17)23-18(25)6-16-11-27-19(21-16)15-3-4-26-10-15/h3-4,10-14H,5-9H2,1-2H3,(H,22,23,25). The number of aromatic nitrogens is 2. The normalized spacial score (nSPS) is 20.4. The number of amides is 1. The van der Waals surface area contributed by atoms with Crippen LogP contribution in [0.2, 0.25) is 0 Å². The lowest BCUT2D eigenvalue weighted by atomic mass is 9.92. The number of anilines is 1. The molecule has 0 saturated carbocycles. The number of carbonyl (C=O) groups is 1. The molecule has 0 aliphatic carbocycles. The van der Waals surface area contributed by atoms with Crippen molar-refractivity contribution in [1.82, 2.24) is 14.9 Å². The first-order valence-electron chi connectivity index (χ1n) is 9.48. The molecule has 4 heterocycles. The highest BCUT2D eigenvalue weighted by Crippen LogP contribution is 2.26. The zero-order valence-corrected chi connectivity index (χ0v) is 18.5. The lowest BCUT2D eigenvalue weighted by molar-refractivity contribution is -0.115. The SMILES string of the molecule is CC1CC(C)CN(Cc2csc(NC(=O)Cc3csc(-c4ccsc4)n3)n2)C1. The van der Waals surface area contributed by atoms with E-state index in [0.717, 1.165) is 53.4 Å². The molecule has 148 valence electrons. The van der Waals surface area contributed by atoms with Gasteiger partial charge in [0, 0.05) is 41.3 Å². The van der Waals surface area contributed by atoms with Crippen LogP contribution in [-0.2, 0) is 17.8 Å². The summed E-state index contributed by atoms with van der Waals surface area (Å²) in [6, 6.07) is 2.05. The molecule has 2 unspecified atom stereocenters. The van der Waals surface area contributed by atoms with Crippen molar-refractivity contribution in [2.24, 2.45) is 11.8 Å². The molecular weight excluding hydrogens is 408 g/mol. The second-order valence-corrected chi connectivity index (χ2v) is 10.2. The van der Waals surface area contributed by atoms with Crippen molar-refractivity contribution in [3.63, 3.8) is 0 Å². The van der Waals surface area contributed by atoms with Crippen molar-refractivity contribution in [2.45, 2.75) is 33.2 Å². The van der Waals surface area contributed by atoms with Crippen LogP contribution in [0.1, 0.15) is 31.7 Å². The van der Waals surface area contributed by atoms with Crippen molar-refractivity contribution in [2.75, 3.05) is 18.4 Å². The van der Waals surface area contributed by atoms with Gasteiger partial charge < -0.3 is 5.32 Å². The predicted molar refractivity (Wildman–Crippen MR) is 118 cm³/mol. The van der Waals surface area contributed by atoms with Crippen LogP contribution >= 0.6 is 34.0 Å². The predicted octanol–water partition coefficient (Wildman–Crippen LogP) is 4.99. The number of hydrogen-bond acceptors (Lipinski definition) is 7. The third kappa shape index (κ3) is 5.05. The lowest BCUT2D eigenvalue weighted by Gasteiger charge is -2.34. The van der Waals surface area contributed by atoms with E-state index < -0.39 is 0 Å². The maximum atomic E-state index is 12.4. The summed E-state index contributed by atoms with van der Waals surface area (Å²) < 4.78 is 0. The lowest BCUT2D eigenvalue weighted by Crippen LogP contribution is -2.38. The zero-order chi connectivity index (χ0) is 19.5. The topological polar surface area (TPSA) is 58.1 Å². The van der Waals surface area contributed by atoms with Gasteiger partial charge in [0.05, 0.1) is 17.8 Å². The van der Waals surface area contributed by atoms with Gasteiger partial charge in [0.2, 0.25) is 5.91 Å². The number of carbonyl (C=O) groups excluding carboxylic acids is 1. The Kier molecular flexibility index (Phi) is 6.20. The maximum Gasteiger partial charge on any atom is 0.232 e. The van der Waals surface area contributed by atoms with Crippen LogP contribution in [0.5, 0.6) is 0 Å². The van der Waals surface area contributed by atoms with Crippen molar-refractivity contribution in [3.05, 3.63) is 39.0 Å². The molecule has 8 heteroatoms. The molecule has 5 nitrogen and oxygen atoms in total. The Hall–Kier alpha value is -1.61. The van der Waals surface area contributed by atoms with Crippen LogP contribution in [0.4, 0.5) is 5.13 Å². The first-order valence-corrected chi connectivity index (χ1v) is 12.2. The first kappa shape index (κ1) is 19.7. The Balaban J connectivity index is 1.30. The van der Waals surface area contributed by atoms with Gasteiger partial charge in [-0.15, -0.1) is 22.7 Å². The molecule has 0 aromatic carbocycles. The molecule has 1 aliphatic rings. The number of nitrogens with zero attached hydrogens (tertiary/aromatic N) is 3. The van der Waals surface area contributed by atoms with E-state index in [1.165, 1.54) is 17.8 Å². The van der Waals surface area contributed by atoms with Crippen LogP contribution in [0.25, 0.3) is 10.6 Å². The van der Waals surface area contributed by atoms with E-state index in [1.807, 2.05) is 16.8 Å². The van der Waals surface area contributed by atoms with Gasteiger partial charge in [0.15, 0.2) is 5.13 Å². The number of piperidine rings is 1. The monoisotopic (exact) mass is 432 g/mol. The van der Waals surface area contributed by atoms with Gasteiger partial charge in [0.25, 0.3) is 0 Å². The Morgan fingerprint density at radius 2 is 1.93 bits per heavy atom. The molecule has 1 amide bonds. The van der Waals surface area contributed by atoms with E-state index in [-0.39, 0.29) is 12.3 Å². The quantitative estimate of drug-likeness (QED) is 0.596. The highest BCUT2D eigenvalue weighted by atomic mass is 32.1.